The van der Waals surface area contributed by atoms with Crippen LogP contribution in [-0.2, 0) is 16.4 Å². The van der Waals surface area contributed by atoms with E-state index in [9.17, 15) is 9.32 Å². The summed E-state index contributed by atoms with van der Waals surface area (Å²) in [5.74, 6) is 0.884. The maximum Gasteiger partial charge on any atom is 0.127 e. The first-order valence-corrected chi connectivity index (χ1v) is 8.03. The SMILES string of the molecule is CN(C)c1ccc(C2(O)CC3CCC(C2)S3=O)cn1. The molecule has 0 aromatic carbocycles. The van der Waals surface area contributed by atoms with Gasteiger partial charge in [-0.2, -0.15) is 0 Å². The van der Waals surface area contributed by atoms with Gasteiger partial charge in [0.25, 0.3) is 0 Å². The number of nitrogens with zero attached hydrogens (tertiary/aromatic N) is 2. The summed E-state index contributed by atoms with van der Waals surface area (Å²) in [6.45, 7) is 0. The highest BCUT2D eigenvalue weighted by atomic mass is 32.2. The number of fused-ring (bicyclic) bond motifs is 2. The Hall–Kier alpha value is -0.940. The molecule has 4 nitrogen and oxygen atoms in total. The zero-order chi connectivity index (χ0) is 13.6. The Morgan fingerprint density at radius 3 is 2.42 bits per heavy atom. The molecule has 0 radical (unpaired) electrons. The molecule has 2 saturated heterocycles. The van der Waals surface area contributed by atoms with Crippen LogP contribution in [0.25, 0.3) is 0 Å². The van der Waals surface area contributed by atoms with Gasteiger partial charge in [0.1, 0.15) is 5.82 Å². The molecule has 104 valence electrons. The van der Waals surface area contributed by atoms with Crippen molar-refractivity contribution in [2.24, 2.45) is 0 Å². The van der Waals surface area contributed by atoms with Crippen molar-refractivity contribution in [2.75, 3.05) is 19.0 Å². The summed E-state index contributed by atoms with van der Waals surface area (Å²) in [4.78, 5) is 6.32. The van der Waals surface area contributed by atoms with Crippen LogP contribution in [-0.4, -0.2) is 38.9 Å². The predicted molar refractivity (Wildman–Crippen MR) is 76.6 cm³/mol. The van der Waals surface area contributed by atoms with Crippen molar-refractivity contribution in [2.45, 2.75) is 41.8 Å². The summed E-state index contributed by atoms with van der Waals surface area (Å²) in [6, 6.07) is 3.89. The fraction of sp³-hybridized carbons (Fsp3) is 0.643. The Kier molecular flexibility index (Phi) is 3.14. The lowest BCUT2D eigenvalue weighted by atomic mass is 9.87. The van der Waals surface area contributed by atoms with Gasteiger partial charge in [0.15, 0.2) is 0 Å². The Morgan fingerprint density at radius 1 is 1.32 bits per heavy atom. The Bertz CT molecular complexity index is 485. The molecule has 3 heterocycles. The molecule has 1 aromatic rings. The molecule has 2 unspecified atom stereocenters. The molecule has 0 aliphatic carbocycles. The summed E-state index contributed by atoms with van der Waals surface area (Å²) >= 11 is 0. The van der Waals surface area contributed by atoms with Crippen LogP contribution < -0.4 is 4.90 Å². The molecule has 0 saturated carbocycles. The van der Waals surface area contributed by atoms with E-state index in [-0.39, 0.29) is 10.5 Å². The van der Waals surface area contributed by atoms with Crippen LogP contribution in [0.15, 0.2) is 18.3 Å². The van der Waals surface area contributed by atoms with Gasteiger partial charge in [0.2, 0.25) is 0 Å². The lowest BCUT2D eigenvalue weighted by molar-refractivity contribution is 0.0181. The third-order valence-electron chi connectivity index (χ3n) is 4.34. The van der Waals surface area contributed by atoms with Gasteiger partial charge >= 0.3 is 0 Å². The van der Waals surface area contributed by atoms with Crippen molar-refractivity contribution in [3.8, 4) is 0 Å². The molecule has 5 heteroatoms. The van der Waals surface area contributed by atoms with E-state index in [2.05, 4.69) is 4.98 Å². The number of anilines is 1. The molecule has 0 amide bonds. The van der Waals surface area contributed by atoms with E-state index in [1.165, 1.54) is 0 Å². The number of rotatable bonds is 2. The van der Waals surface area contributed by atoms with Crippen LogP contribution in [0.3, 0.4) is 0 Å². The lowest BCUT2D eigenvalue weighted by Crippen LogP contribution is -2.40. The van der Waals surface area contributed by atoms with E-state index < -0.39 is 16.4 Å². The normalized spacial score (nSPS) is 37.3. The van der Waals surface area contributed by atoms with E-state index in [0.29, 0.717) is 12.8 Å². The van der Waals surface area contributed by atoms with E-state index >= 15 is 0 Å². The molecule has 0 spiro atoms. The molecular formula is C14H20N2O2S. The zero-order valence-electron chi connectivity index (χ0n) is 11.4. The van der Waals surface area contributed by atoms with Gasteiger partial charge in [-0.15, -0.1) is 0 Å². The predicted octanol–water partition coefficient (Wildman–Crippen LogP) is 1.41. The molecule has 2 bridgehead atoms. The van der Waals surface area contributed by atoms with Crippen LogP contribution in [0.2, 0.25) is 0 Å². The summed E-state index contributed by atoms with van der Waals surface area (Å²) in [6.07, 6.45) is 4.97. The van der Waals surface area contributed by atoms with E-state index in [1.54, 1.807) is 6.20 Å². The van der Waals surface area contributed by atoms with Crippen molar-refractivity contribution < 1.29 is 9.32 Å². The number of pyridine rings is 1. The first-order chi connectivity index (χ1) is 8.99. The summed E-state index contributed by atoms with van der Waals surface area (Å²) in [7, 11) is 3.15. The summed E-state index contributed by atoms with van der Waals surface area (Å²) < 4.78 is 12.0. The minimum Gasteiger partial charge on any atom is -0.385 e. The van der Waals surface area contributed by atoms with Crippen molar-refractivity contribution in [3.63, 3.8) is 0 Å². The van der Waals surface area contributed by atoms with Crippen LogP contribution >= 0.6 is 0 Å². The second-order valence-electron chi connectivity index (χ2n) is 5.89. The quantitative estimate of drug-likeness (QED) is 0.890. The van der Waals surface area contributed by atoms with Crippen LogP contribution in [0.4, 0.5) is 5.82 Å². The van der Waals surface area contributed by atoms with Crippen LogP contribution in [0.1, 0.15) is 31.2 Å². The number of aliphatic hydroxyl groups is 1. The van der Waals surface area contributed by atoms with Crippen LogP contribution in [0.5, 0.6) is 0 Å². The molecule has 19 heavy (non-hydrogen) atoms. The van der Waals surface area contributed by atoms with Gasteiger partial charge < -0.3 is 10.0 Å². The number of hydrogen-bond acceptors (Lipinski definition) is 4. The van der Waals surface area contributed by atoms with Crippen LogP contribution in [0, 0.1) is 0 Å². The molecule has 1 N–H and O–H groups in total. The molecule has 1 aromatic heterocycles. The summed E-state index contributed by atoms with van der Waals surface area (Å²) in [5.41, 5.74) is 0.0316. The second kappa shape index (κ2) is 4.56. The fourth-order valence-electron chi connectivity index (χ4n) is 3.24. The van der Waals surface area contributed by atoms with Crippen molar-refractivity contribution in [3.05, 3.63) is 23.9 Å². The largest absolute Gasteiger partial charge is 0.385 e. The van der Waals surface area contributed by atoms with Crippen molar-refractivity contribution in [1.82, 2.24) is 4.98 Å². The topological polar surface area (TPSA) is 53.4 Å². The van der Waals surface area contributed by atoms with Gasteiger partial charge in [0, 0.05) is 47.2 Å². The standard InChI is InChI=1S/C14H20N2O2S/c1-16(2)13-6-3-10(9-15-13)14(17)7-11-4-5-12(8-14)19(11)18/h3,6,9,11-12,17H,4-5,7-8H2,1-2H3. The van der Waals surface area contributed by atoms with E-state index in [0.717, 1.165) is 24.2 Å². The highest BCUT2D eigenvalue weighted by Gasteiger charge is 2.48. The van der Waals surface area contributed by atoms with Gasteiger partial charge in [0.05, 0.1) is 5.60 Å². The maximum atomic E-state index is 12.0. The highest BCUT2D eigenvalue weighted by Crippen LogP contribution is 2.45. The monoisotopic (exact) mass is 280 g/mol. The maximum absolute atomic E-state index is 12.0. The Labute approximate surface area is 116 Å². The van der Waals surface area contributed by atoms with Crippen molar-refractivity contribution >= 4 is 16.6 Å². The third-order valence-corrected chi connectivity index (χ3v) is 6.46. The Morgan fingerprint density at radius 2 is 1.95 bits per heavy atom. The molecule has 2 fully saturated rings. The van der Waals surface area contributed by atoms with Crippen molar-refractivity contribution in [1.29, 1.82) is 0 Å². The van der Waals surface area contributed by atoms with Gasteiger partial charge in [-0.25, -0.2) is 4.98 Å². The minimum atomic E-state index is -0.836. The first kappa shape index (κ1) is 13.1. The van der Waals surface area contributed by atoms with Gasteiger partial charge in [-0.05, 0) is 31.7 Å². The minimum absolute atomic E-state index is 0.164. The zero-order valence-corrected chi connectivity index (χ0v) is 12.2. The smallest absolute Gasteiger partial charge is 0.127 e. The number of hydrogen-bond donors (Lipinski definition) is 1. The molecule has 2 atom stereocenters. The number of aromatic nitrogens is 1. The van der Waals surface area contributed by atoms with Gasteiger partial charge in [-0.3, -0.25) is 4.21 Å². The second-order valence-corrected chi connectivity index (χ2v) is 7.88. The van der Waals surface area contributed by atoms with Gasteiger partial charge in [-0.1, -0.05) is 6.07 Å². The molecule has 2 aliphatic heterocycles. The Balaban J connectivity index is 1.87. The third kappa shape index (κ3) is 2.19. The first-order valence-electron chi connectivity index (χ1n) is 6.75. The fourth-order valence-corrected chi connectivity index (χ4v) is 5.40. The molecule has 2 aliphatic rings. The summed E-state index contributed by atoms with van der Waals surface area (Å²) in [5, 5.41) is 11.2. The average Bonchev–Trinajstić information content (AvgIpc) is 2.63. The molecular weight excluding hydrogens is 260 g/mol. The van der Waals surface area contributed by atoms with E-state index in [1.807, 2.05) is 31.1 Å². The van der Waals surface area contributed by atoms with E-state index in [4.69, 9.17) is 0 Å². The molecule has 3 rings (SSSR count). The highest BCUT2D eigenvalue weighted by molar-refractivity contribution is 7.86. The average molecular weight is 280 g/mol. The lowest BCUT2D eigenvalue weighted by Gasteiger charge is -2.36.